The van der Waals surface area contributed by atoms with Crippen molar-refractivity contribution < 1.29 is 4.74 Å². The van der Waals surface area contributed by atoms with Crippen LogP contribution in [0.3, 0.4) is 0 Å². The monoisotopic (exact) mass is 351 g/mol. The van der Waals surface area contributed by atoms with Crippen LogP contribution in [0.1, 0.15) is 24.0 Å². The van der Waals surface area contributed by atoms with Gasteiger partial charge in [0.1, 0.15) is 0 Å². The highest BCUT2D eigenvalue weighted by atomic mass is 16.5. The van der Waals surface area contributed by atoms with E-state index in [4.69, 9.17) is 4.74 Å². The fourth-order valence-electron chi connectivity index (χ4n) is 3.56. The Bertz CT molecular complexity index is 679. The lowest BCUT2D eigenvalue weighted by Crippen LogP contribution is -2.48. The first-order valence-corrected chi connectivity index (χ1v) is 9.44. The predicted octanol–water partition coefficient (Wildman–Crippen LogP) is 3.14. The fraction of sp³-hybridized carbons (Fsp3) is 0.409. The van der Waals surface area contributed by atoms with Gasteiger partial charge in [0.05, 0.1) is 0 Å². The molecule has 0 atom stereocenters. The lowest BCUT2D eigenvalue weighted by Gasteiger charge is -2.38. The average Bonchev–Trinajstić information content (AvgIpc) is 2.72. The standard InChI is InChI=1S/C22H29N3O/c1-23-21(24-15-12-19-8-4-2-5-9-19)25-18-22(13-16-26-17-14-22)20-10-6-3-7-11-20/h2-11H,12-18H2,1H3,(H2,23,24,25). The van der Waals surface area contributed by atoms with Gasteiger partial charge in [0.2, 0.25) is 0 Å². The summed E-state index contributed by atoms with van der Waals surface area (Å²) in [6, 6.07) is 21.3. The largest absolute Gasteiger partial charge is 0.381 e. The lowest BCUT2D eigenvalue weighted by atomic mass is 9.74. The second kappa shape index (κ2) is 9.39. The molecule has 2 aromatic rings. The highest BCUT2D eigenvalue weighted by molar-refractivity contribution is 5.79. The molecule has 4 heteroatoms. The predicted molar refractivity (Wildman–Crippen MR) is 108 cm³/mol. The molecule has 2 aromatic carbocycles. The van der Waals surface area contributed by atoms with Crippen LogP contribution < -0.4 is 10.6 Å². The number of nitrogens with zero attached hydrogens (tertiary/aromatic N) is 1. The molecule has 0 aromatic heterocycles. The quantitative estimate of drug-likeness (QED) is 0.621. The summed E-state index contributed by atoms with van der Waals surface area (Å²) in [4.78, 5) is 4.39. The van der Waals surface area contributed by atoms with Gasteiger partial charge in [0.15, 0.2) is 5.96 Å². The van der Waals surface area contributed by atoms with Crippen LogP contribution in [0.5, 0.6) is 0 Å². The Labute approximate surface area is 156 Å². The van der Waals surface area contributed by atoms with Gasteiger partial charge in [-0.15, -0.1) is 0 Å². The van der Waals surface area contributed by atoms with Crippen molar-refractivity contribution in [2.24, 2.45) is 4.99 Å². The van der Waals surface area contributed by atoms with Crippen LogP contribution in [-0.2, 0) is 16.6 Å². The fourth-order valence-corrected chi connectivity index (χ4v) is 3.56. The van der Waals surface area contributed by atoms with E-state index in [0.717, 1.165) is 51.5 Å². The van der Waals surface area contributed by atoms with Crippen molar-refractivity contribution in [3.8, 4) is 0 Å². The van der Waals surface area contributed by atoms with Crippen molar-refractivity contribution >= 4 is 5.96 Å². The molecule has 0 spiro atoms. The summed E-state index contributed by atoms with van der Waals surface area (Å²) in [5.74, 6) is 0.864. The van der Waals surface area contributed by atoms with Gasteiger partial charge in [0, 0.05) is 38.8 Å². The van der Waals surface area contributed by atoms with E-state index < -0.39 is 0 Å². The number of aliphatic imine (C=N–C) groups is 1. The highest BCUT2D eigenvalue weighted by Gasteiger charge is 2.34. The van der Waals surface area contributed by atoms with Gasteiger partial charge in [-0.3, -0.25) is 4.99 Å². The van der Waals surface area contributed by atoms with E-state index in [0.29, 0.717) is 0 Å². The van der Waals surface area contributed by atoms with Crippen molar-refractivity contribution in [2.45, 2.75) is 24.7 Å². The van der Waals surface area contributed by atoms with Crippen LogP contribution in [-0.4, -0.2) is 39.3 Å². The van der Waals surface area contributed by atoms with Gasteiger partial charge in [-0.25, -0.2) is 0 Å². The Morgan fingerprint density at radius 3 is 2.27 bits per heavy atom. The van der Waals surface area contributed by atoms with E-state index in [1.165, 1.54) is 11.1 Å². The molecule has 0 saturated carbocycles. The molecule has 0 bridgehead atoms. The SMILES string of the molecule is CN=C(NCCc1ccccc1)NCC1(c2ccccc2)CCOCC1. The molecule has 3 rings (SSSR count). The van der Waals surface area contributed by atoms with Crippen molar-refractivity contribution in [2.75, 3.05) is 33.4 Å². The molecule has 1 fully saturated rings. The molecular formula is C22H29N3O. The Kier molecular flexibility index (Phi) is 6.67. The molecule has 1 aliphatic heterocycles. The lowest BCUT2D eigenvalue weighted by molar-refractivity contribution is 0.0514. The van der Waals surface area contributed by atoms with Crippen LogP contribution in [0.4, 0.5) is 0 Å². The van der Waals surface area contributed by atoms with Gasteiger partial charge < -0.3 is 15.4 Å². The number of rotatable bonds is 6. The smallest absolute Gasteiger partial charge is 0.191 e. The third kappa shape index (κ3) is 4.85. The van der Waals surface area contributed by atoms with E-state index in [1.807, 2.05) is 13.1 Å². The van der Waals surface area contributed by atoms with Gasteiger partial charge in [-0.05, 0) is 30.4 Å². The second-order valence-electron chi connectivity index (χ2n) is 6.85. The molecule has 0 aliphatic carbocycles. The zero-order valence-electron chi connectivity index (χ0n) is 15.6. The van der Waals surface area contributed by atoms with Crippen molar-refractivity contribution in [3.63, 3.8) is 0 Å². The first-order chi connectivity index (χ1) is 12.8. The maximum atomic E-state index is 5.62. The maximum absolute atomic E-state index is 5.62. The Hall–Kier alpha value is -2.33. The molecule has 0 amide bonds. The van der Waals surface area contributed by atoms with E-state index in [2.05, 4.69) is 70.2 Å². The normalized spacial score (nSPS) is 16.9. The molecule has 4 nitrogen and oxygen atoms in total. The molecule has 1 aliphatic rings. The number of nitrogens with one attached hydrogen (secondary N) is 2. The van der Waals surface area contributed by atoms with E-state index in [1.54, 1.807) is 0 Å². The minimum atomic E-state index is 0.108. The Balaban J connectivity index is 1.57. The number of ether oxygens (including phenoxy) is 1. The third-order valence-corrected chi connectivity index (χ3v) is 5.20. The summed E-state index contributed by atoms with van der Waals surface area (Å²) in [6.07, 6.45) is 3.05. The minimum absolute atomic E-state index is 0.108. The van der Waals surface area contributed by atoms with Crippen LogP contribution in [0, 0.1) is 0 Å². The third-order valence-electron chi connectivity index (χ3n) is 5.20. The summed E-state index contributed by atoms with van der Waals surface area (Å²) in [7, 11) is 1.83. The zero-order chi connectivity index (χ0) is 18.1. The van der Waals surface area contributed by atoms with Crippen LogP contribution >= 0.6 is 0 Å². The van der Waals surface area contributed by atoms with Gasteiger partial charge >= 0.3 is 0 Å². The summed E-state index contributed by atoms with van der Waals surface area (Å²) < 4.78 is 5.62. The minimum Gasteiger partial charge on any atom is -0.381 e. The number of hydrogen-bond donors (Lipinski definition) is 2. The average molecular weight is 351 g/mol. The molecule has 26 heavy (non-hydrogen) atoms. The van der Waals surface area contributed by atoms with Crippen molar-refractivity contribution in [1.29, 1.82) is 0 Å². The molecule has 1 saturated heterocycles. The first-order valence-electron chi connectivity index (χ1n) is 9.44. The van der Waals surface area contributed by atoms with E-state index >= 15 is 0 Å². The molecular weight excluding hydrogens is 322 g/mol. The van der Waals surface area contributed by atoms with Crippen molar-refractivity contribution in [3.05, 3.63) is 71.8 Å². The number of hydrogen-bond acceptors (Lipinski definition) is 2. The Morgan fingerprint density at radius 2 is 1.62 bits per heavy atom. The second-order valence-corrected chi connectivity index (χ2v) is 6.85. The first kappa shape index (κ1) is 18.5. The van der Waals surface area contributed by atoms with Gasteiger partial charge in [-0.1, -0.05) is 60.7 Å². The van der Waals surface area contributed by atoms with Crippen LogP contribution in [0.15, 0.2) is 65.7 Å². The van der Waals surface area contributed by atoms with Crippen molar-refractivity contribution in [1.82, 2.24) is 10.6 Å². The van der Waals surface area contributed by atoms with Gasteiger partial charge in [0.25, 0.3) is 0 Å². The summed E-state index contributed by atoms with van der Waals surface area (Å²) in [5, 5.41) is 6.98. The molecule has 0 radical (unpaired) electrons. The number of benzene rings is 2. The van der Waals surface area contributed by atoms with Gasteiger partial charge in [-0.2, -0.15) is 0 Å². The highest BCUT2D eigenvalue weighted by Crippen LogP contribution is 2.34. The topological polar surface area (TPSA) is 45.7 Å². The zero-order valence-corrected chi connectivity index (χ0v) is 15.6. The van der Waals surface area contributed by atoms with E-state index in [9.17, 15) is 0 Å². The maximum Gasteiger partial charge on any atom is 0.191 e. The van der Waals surface area contributed by atoms with Crippen LogP contribution in [0.2, 0.25) is 0 Å². The summed E-state index contributed by atoms with van der Waals surface area (Å²) in [6.45, 7) is 3.36. The number of guanidine groups is 1. The summed E-state index contributed by atoms with van der Waals surface area (Å²) in [5.41, 5.74) is 2.83. The molecule has 0 unspecified atom stereocenters. The Morgan fingerprint density at radius 1 is 0.962 bits per heavy atom. The van der Waals surface area contributed by atoms with Crippen LogP contribution in [0.25, 0.3) is 0 Å². The summed E-state index contributed by atoms with van der Waals surface area (Å²) >= 11 is 0. The molecule has 2 N–H and O–H groups in total. The molecule has 138 valence electrons. The van der Waals surface area contributed by atoms with E-state index in [-0.39, 0.29) is 5.41 Å². The molecule has 1 heterocycles.